The number of hydrogen-bond acceptors (Lipinski definition) is 2. The van der Waals surface area contributed by atoms with E-state index in [1.165, 1.54) is 0 Å². The number of alkyl halides is 7. The molecule has 0 aromatic rings. The Bertz CT molecular complexity index is 367. The molecule has 0 aromatic heterocycles. The molecule has 0 aromatic carbocycles. The van der Waals surface area contributed by atoms with Crippen molar-refractivity contribution in [2.24, 2.45) is 0 Å². The lowest BCUT2D eigenvalue weighted by molar-refractivity contribution is -0.355. The van der Waals surface area contributed by atoms with E-state index < -0.39 is 32.7 Å². The highest BCUT2D eigenvalue weighted by Crippen LogP contribution is 2.48. The van der Waals surface area contributed by atoms with Crippen molar-refractivity contribution in [3.05, 3.63) is 0 Å². The van der Waals surface area contributed by atoms with Gasteiger partial charge >= 0.3 is 18.0 Å². The van der Waals surface area contributed by atoms with Crippen molar-refractivity contribution < 1.29 is 35.5 Å². The minimum atomic E-state index is -6.24. The average molecular weight is 355 g/mol. The molecule has 0 saturated carbocycles. The van der Waals surface area contributed by atoms with E-state index in [1.54, 1.807) is 0 Å². The molecule has 0 radical (unpaired) electrons. The summed E-state index contributed by atoms with van der Waals surface area (Å²) in [5, 5.41) is 0. The Hall–Kier alpha value is -0.353. The maximum Gasteiger partial charge on any atom is 0.459 e. The lowest BCUT2D eigenvalue weighted by atomic mass is 10.1. The fraction of sp³-hybridized carbons (Fsp3) is 1.00. The predicted octanol–water partition coefficient (Wildman–Crippen LogP) is 4.14. The number of morpholine rings is 1. The van der Waals surface area contributed by atoms with Gasteiger partial charge in [-0.1, -0.05) is 13.1 Å². The summed E-state index contributed by atoms with van der Waals surface area (Å²) in [6.45, 7) is 6.07. The standard InChI is InChI=1S/C12H20F7NOSi/c1-22(2,20-5-7-21-8-6-20)9-3-4-10(13,14)11(15,16)12(17,18)19/h3-9H2,1-2H3. The molecular weight excluding hydrogens is 335 g/mol. The third-order valence-electron chi connectivity index (χ3n) is 3.96. The predicted molar refractivity (Wildman–Crippen MR) is 69.9 cm³/mol. The normalized spacial score (nSPS) is 19.5. The topological polar surface area (TPSA) is 12.5 Å². The molecule has 0 spiro atoms. The maximum atomic E-state index is 13.2. The Labute approximate surface area is 125 Å². The molecule has 1 heterocycles. The molecule has 10 heteroatoms. The van der Waals surface area contributed by atoms with Crippen molar-refractivity contribution in [1.29, 1.82) is 0 Å². The summed E-state index contributed by atoms with van der Waals surface area (Å²) in [4.78, 5) is 0. The van der Waals surface area contributed by atoms with E-state index in [2.05, 4.69) is 4.57 Å². The van der Waals surface area contributed by atoms with E-state index in [-0.39, 0.29) is 12.5 Å². The summed E-state index contributed by atoms with van der Waals surface area (Å²) >= 11 is 0. The van der Waals surface area contributed by atoms with Crippen LogP contribution in [0, 0.1) is 0 Å². The zero-order valence-corrected chi connectivity index (χ0v) is 13.5. The highest BCUT2D eigenvalue weighted by Gasteiger charge is 2.72. The van der Waals surface area contributed by atoms with Crippen molar-refractivity contribution in [2.45, 2.75) is 50.0 Å². The fourth-order valence-electron chi connectivity index (χ4n) is 2.43. The van der Waals surface area contributed by atoms with Crippen LogP contribution in [-0.2, 0) is 4.74 Å². The van der Waals surface area contributed by atoms with E-state index >= 15 is 0 Å². The van der Waals surface area contributed by atoms with Gasteiger partial charge in [0.15, 0.2) is 0 Å². The zero-order valence-electron chi connectivity index (χ0n) is 12.5. The van der Waals surface area contributed by atoms with Gasteiger partial charge in [-0.05, 0) is 12.5 Å². The summed E-state index contributed by atoms with van der Waals surface area (Å²) in [6, 6.07) is 0.233. The van der Waals surface area contributed by atoms with Gasteiger partial charge in [-0.2, -0.15) is 30.7 Å². The Morgan fingerprint density at radius 3 is 1.91 bits per heavy atom. The van der Waals surface area contributed by atoms with E-state index in [0.717, 1.165) is 0 Å². The second-order valence-corrected chi connectivity index (χ2v) is 10.8. The van der Waals surface area contributed by atoms with Crippen molar-refractivity contribution in [2.75, 3.05) is 26.3 Å². The van der Waals surface area contributed by atoms with E-state index in [9.17, 15) is 30.7 Å². The smallest absolute Gasteiger partial charge is 0.379 e. The first kappa shape index (κ1) is 19.7. The molecule has 0 N–H and O–H groups in total. The lowest BCUT2D eigenvalue weighted by Gasteiger charge is -2.39. The van der Waals surface area contributed by atoms with Crippen LogP contribution in [0.15, 0.2) is 0 Å². The molecule has 0 bridgehead atoms. The fourth-order valence-corrected chi connectivity index (χ4v) is 5.19. The monoisotopic (exact) mass is 355 g/mol. The average Bonchev–Trinajstić information content (AvgIpc) is 2.37. The first-order chi connectivity index (χ1) is 9.81. The van der Waals surface area contributed by atoms with Crippen LogP contribution in [0.3, 0.4) is 0 Å². The number of rotatable bonds is 6. The molecule has 2 nitrogen and oxygen atoms in total. The Kier molecular flexibility index (Phi) is 5.94. The van der Waals surface area contributed by atoms with Crippen molar-refractivity contribution in [3.63, 3.8) is 0 Å². The molecule has 22 heavy (non-hydrogen) atoms. The second kappa shape index (κ2) is 6.64. The largest absolute Gasteiger partial charge is 0.459 e. The molecule has 1 aliphatic rings. The number of nitrogens with zero attached hydrogens (tertiary/aromatic N) is 1. The van der Waals surface area contributed by atoms with Crippen molar-refractivity contribution in [3.8, 4) is 0 Å². The molecule has 0 aliphatic carbocycles. The third kappa shape index (κ3) is 4.35. The zero-order chi connectivity index (χ0) is 17.2. The highest BCUT2D eigenvalue weighted by molar-refractivity contribution is 6.74. The van der Waals surface area contributed by atoms with Crippen molar-refractivity contribution in [1.82, 2.24) is 4.57 Å². The summed E-state index contributed by atoms with van der Waals surface area (Å²) < 4.78 is 95.4. The van der Waals surface area contributed by atoms with Gasteiger partial charge in [-0.25, -0.2) is 0 Å². The van der Waals surface area contributed by atoms with Gasteiger partial charge in [0.1, 0.15) is 8.24 Å². The van der Waals surface area contributed by atoms with Gasteiger partial charge in [0.2, 0.25) is 0 Å². The third-order valence-corrected chi connectivity index (χ3v) is 7.70. The Morgan fingerprint density at radius 2 is 1.45 bits per heavy atom. The van der Waals surface area contributed by atoms with E-state index in [0.29, 0.717) is 26.3 Å². The van der Waals surface area contributed by atoms with Crippen LogP contribution >= 0.6 is 0 Å². The molecule has 1 fully saturated rings. The van der Waals surface area contributed by atoms with E-state index in [1.807, 2.05) is 13.1 Å². The molecule has 1 saturated heterocycles. The van der Waals surface area contributed by atoms with Gasteiger partial charge in [0.25, 0.3) is 0 Å². The van der Waals surface area contributed by atoms with Crippen LogP contribution in [0.4, 0.5) is 30.7 Å². The van der Waals surface area contributed by atoms with Crippen LogP contribution < -0.4 is 0 Å². The van der Waals surface area contributed by atoms with Gasteiger partial charge in [-0.15, -0.1) is 0 Å². The number of ether oxygens (including phenoxy) is 1. The van der Waals surface area contributed by atoms with Crippen LogP contribution in [0.1, 0.15) is 12.8 Å². The van der Waals surface area contributed by atoms with Gasteiger partial charge in [0, 0.05) is 19.5 Å². The van der Waals surface area contributed by atoms with Crippen LogP contribution in [0.25, 0.3) is 0 Å². The molecule has 132 valence electrons. The van der Waals surface area contributed by atoms with Crippen LogP contribution in [0.2, 0.25) is 19.1 Å². The van der Waals surface area contributed by atoms with Gasteiger partial charge in [0.05, 0.1) is 13.2 Å². The minimum absolute atomic E-state index is 0.233. The first-order valence-corrected chi connectivity index (χ1v) is 10.1. The van der Waals surface area contributed by atoms with Crippen LogP contribution in [-0.4, -0.2) is 57.1 Å². The van der Waals surface area contributed by atoms with Crippen LogP contribution in [0.5, 0.6) is 0 Å². The quantitative estimate of drug-likeness (QED) is 0.525. The molecule has 0 unspecified atom stereocenters. The minimum Gasteiger partial charge on any atom is -0.379 e. The molecule has 0 amide bonds. The first-order valence-electron chi connectivity index (χ1n) is 6.96. The van der Waals surface area contributed by atoms with Gasteiger partial charge < -0.3 is 9.30 Å². The summed E-state index contributed by atoms with van der Waals surface area (Å²) in [5.74, 6) is -11.1. The lowest BCUT2D eigenvalue weighted by Crippen LogP contribution is -2.54. The molecule has 0 atom stereocenters. The Morgan fingerprint density at radius 1 is 0.955 bits per heavy atom. The molecular formula is C12H20F7NOSi. The SMILES string of the molecule is C[Si](C)(CCCC(F)(F)C(F)(F)C(F)(F)F)N1CCOCC1. The summed E-state index contributed by atoms with van der Waals surface area (Å²) in [5.41, 5.74) is 0. The maximum absolute atomic E-state index is 13.2. The van der Waals surface area contributed by atoms with E-state index in [4.69, 9.17) is 4.74 Å². The molecule has 1 aliphatic heterocycles. The summed E-state index contributed by atoms with van der Waals surface area (Å²) in [6.07, 6.45) is -8.08. The number of hydrogen-bond donors (Lipinski definition) is 0. The highest BCUT2D eigenvalue weighted by atomic mass is 28.3. The number of halogens is 7. The summed E-state index contributed by atoms with van der Waals surface area (Å²) in [7, 11) is -2.11. The van der Waals surface area contributed by atoms with Gasteiger partial charge in [-0.3, -0.25) is 0 Å². The Balaban J connectivity index is 2.58. The second-order valence-electron chi connectivity index (χ2n) is 6.04. The molecule has 1 rings (SSSR count). The van der Waals surface area contributed by atoms with Crippen molar-refractivity contribution >= 4 is 8.24 Å².